The Balaban J connectivity index is 1.62. The number of hydrogen-bond acceptors (Lipinski definition) is 3. The van der Waals surface area contributed by atoms with Crippen LogP contribution in [0.5, 0.6) is 5.75 Å². The summed E-state index contributed by atoms with van der Waals surface area (Å²) in [5, 5.41) is 13.9. The molecule has 3 rings (SSSR count). The van der Waals surface area contributed by atoms with Gasteiger partial charge in [0.05, 0.1) is 18.1 Å². The highest BCUT2D eigenvalue weighted by atomic mass is 16.5. The Morgan fingerprint density at radius 1 is 1.18 bits per heavy atom. The summed E-state index contributed by atoms with van der Waals surface area (Å²) in [6.45, 7) is 0.496. The average molecular weight is 295 g/mol. The van der Waals surface area contributed by atoms with E-state index in [2.05, 4.69) is 20.6 Å². The zero-order valence-corrected chi connectivity index (χ0v) is 12.2. The van der Waals surface area contributed by atoms with Gasteiger partial charge in [-0.25, -0.2) is 4.98 Å². The van der Waals surface area contributed by atoms with E-state index < -0.39 is 0 Å². The smallest absolute Gasteiger partial charge is 0.208 e. The van der Waals surface area contributed by atoms with Crippen LogP contribution in [0.1, 0.15) is 5.56 Å². The number of ether oxygens (including phenoxy) is 1. The first-order valence-electron chi connectivity index (χ1n) is 6.92. The molecule has 0 saturated heterocycles. The number of fused-ring (bicyclic) bond motifs is 1. The van der Waals surface area contributed by atoms with Crippen LogP contribution in [0.25, 0.3) is 11.0 Å². The van der Waals surface area contributed by atoms with Gasteiger partial charge < -0.3 is 15.0 Å². The number of imidazole rings is 1. The zero-order valence-electron chi connectivity index (χ0n) is 12.2. The predicted octanol–water partition coefficient (Wildman–Crippen LogP) is 2.71. The molecule has 0 amide bonds. The molecule has 0 unspecified atom stereocenters. The quantitative estimate of drug-likeness (QED) is 0.440. The number of methoxy groups -OCH3 is 1. The van der Waals surface area contributed by atoms with Gasteiger partial charge in [-0.2, -0.15) is 0 Å². The first-order valence-corrected chi connectivity index (χ1v) is 6.92. The Hall–Kier alpha value is -3.02. The minimum absolute atomic E-state index is 0.171. The van der Waals surface area contributed by atoms with E-state index in [0.717, 1.165) is 22.3 Å². The molecule has 0 radical (unpaired) electrons. The van der Waals surface area contributed by atoms with E-state index in [0.29, 0.717) is 12.5 Å². The number of para-hydroxylation sites is 3. The second kappa shape index (κ2) is 6.17. The lowest BCUT2D eigenvalue weighted by atomic mass is 10.2. The largest absolute Gasteiger partial charge is 0.496 e. The molecule has 0 saturated carbocycles. The molecule has 0 spiro atoms. The Morgan fingerprint density at radius 2 is 1.95 bits per heavy atom. The summed E-state index contributed by atoms with van der Waals surface area (Å²) >= 11 is 0. The van der Waals surface area contributed by atoms with Crippen molar-refractivity contribution in [3.05, 3.63) is 54.1 Å². The predicted molar refractivity (Wildman–Crippen MR) is 87.3 cm³/mol. The molecular formula is C16H17N5O. The van der Waals surface area contributed by atoms with E-state index in [1.807, 2.05) is 48.5 Å². The SMILES string of the molecule is COc1ccccc1CNC(=N)Nc1nc2ccccc2[nH]1. The number of rotatable bonds is 4. The van der Waals surface area contributed by atoms with Crippen LogP contribution in [0.3, 0.4) is 0 Å². The summed E-state index contributed by atoms with van der Waals surface area (Å²) < 4.78 is 5.29. The molecule has 6 heteroatoms. The van der Waals surface area contributed by atoms with E-state index in [-0.39, 0.29) is 5.96 Å². The van der Waals surface area contributed by atoms with E-state index >= 15 is 0 Å². The van der Waals surface area contributed by atoms with Crippen molar-refractivity contribution in [3.8, 4) is 5.75 Å². The third-order valence-corrected chi connectivity index (χ3v) is 3.28. The fraction of sp³-hybridized carbons (Fsp3) is 0.125. The fourth-order valence-electron chi connectivity index (χ4n) is 2.21. The molecule has 0 atom stereocenters. The van der Waals surface area contributed by atoms with Crippen LogP contribution in [0.4, 0.5) is 5.95 Å². The fourth-order valence-corrected chi connectivity index (χ4v) is 2.21. The maximum Gasteiger partial charge on any atom is 0.208 e. The average Bonchev–Trinajstić information content (AvgIpc) is 2.95. The number of aromatic amines is 1. The van der Waals surface area contributed by atoms with Gasteiger partial charge in [-0.3, -0.25) is 10.7 Å². The lowest BCUT2D eigenvalue weighted by Crippen LogP contribution is -2.29. The van der Waals surface area contributed by atoms with Crippen LogP contribution in [-0.2, 0) is 6.54 Å². The maximum absolute atomic E-state index is 7.95. The van der Waals surface area contributed by atoms with E-state index in [1.165, 1.54) is 0 Å². The highest BCUT2D eigenvalue weighted by molar-refractivity contribution is 5.91. The highest BCUT2D eigenvalue weighted by Crippen LogP contribution is 2.17. The van der Waals surface area contributed by atoms with Gasteiger partial charge in [0, 0.05) is 12.1 Å². The highest BCUT2D eigenvalue weighted by Gasteiger charge is 2.05. The summed E-state index contributed by atoms with van der Waals surface area (Å²) in [5.41, 5.74) is 2.78. The topological polar surface area (TPSA) is 85.8 Å². The molecular weight excluding hydrogens is 278 g/mol. The van der Waals surface area contributed by atoms with E-state index in [9.17, 15) is 0 Å². The number of nitrogens with one attached hydrogen (secondary N) is 4. The molecule has 22 heavy (non-hydrogen) atoms. The maximum atomic E-state index is 7.95. The van der Waals surface area contributed by atoms with Gasteiger partial charge in [-0.1, -0.05) is 30.3 Å². The molecule has 0 fully saturated rings. The van der Waals surface area contributed by atoms with Crippen molar-refractivity contribution in [3.63, 3.8) is 0 Å². The van der Waals surface area contributed by atoms with Crippen LogP contribution < -0.4 is 15.4 Å². The van der Waals surface area contributed by atoms with Crippen molar-refractivity contribution < 1.29 is 4.74 Å². The van der Waals surface area contributed by atoms with Crippen LogP contribution in [-0.4, -0.2) is 23.0 Å². The Kier molecular flexibility index (Phi) is 3.91. The summed E-state index contributed by atoms with van der Waals surface area (Å²) in [5.74, 6) is 1.51. The number of H-pyrrole nitrogens is 1. The normalized spacial score (nSPS) is 10.4. The number of hydrogen-bond donors (Lipinski definition) is 4. The van der Waals surface area contributed by atoms with Crippen LogP contribution >= 0.6 is 0 Å². The third kappa shape index (κ3) is 3.01. The molecule has 4 N–H and O–H groups in total. The molecule has 6 nitrogen and oxygen atoms in total. The summed E-state index contributed by atoms with van der Waals surface area (Å²) in [6.07, 6.45) is 0. The summed E-state index contributed by atoms with van der Waals surface area (Å²) in [7, 11) is 1.64. The van der Waals surface area contributed by atoms with Crippen molar-refractivity contribution >= 4 is 22.9 Å². The first-order chi connectivity index (χ1) is 10.8. The molecule has 0 aliphatic heterocycles. The van der Waals surface area contributed by atoms with Crippen LogP contribution in [0.2, 0.25) is 0 Å². The zero-order chi connectivity index (χ0) is 15.4. The number of guanidine groups is 1. The number of anilines is 1. The molecule has 0 aliphatic rings. The van der Waals surface area contributed by atoms with E-state index in [1.54, 1.807) is 7.11 Å². The number of nitrogens with zero attached hydrogens (tertiary/aromatic N) is 1. The molecule has 0 bridgehead atoms. The van der Waals surface area contributed by atoms with Crippen molar-refractivity contribution in [1.82, 2.24) is 15.3 Å². The Bertz CT molecular complexity index is 763. The standard InChI is InChI=1S/C16H17N5O/c1-22-14-9-5-2-6-11(14)10-18-15(17)21-16-19-12-7-3-4-8-13(12)20-16/h2-9H,10H2,1H3,(H4,17,18,19,20,21). The minimum Gasteiger partial charge on any atom is -0.496 e. The second-order valence-corrected chi connectivity index (χ2v) is 4.77. The van der Waals surface area contributed by atoms with Gasteiger partial charge in [0.2, 0.25) is 5.95 Å². The lowest BCUT2D eigenvalue weighted by Gasteiger charge is -2.11. The third-order valence-electron chi connectivity index (χ3n) is 3.28. The number of aromatic nitrogens is 2. The summed E-state index contributed by atoms with van der Waals surface area (Å²) in [4.78, 5) is 7.49. The minimum atomic E-state index is 0.171. The van der Waals surface area contributed by atoms with Gasteiger partial charge >= 0.3 is 0 Å². The van der Waals surface area contributed by atoms with Crippen molar-refractivity contribution in [2.24, 2.45) is 0 Å². The van der Waals surface area contributed by atoms with Crippen LogP contribution in [0, 0.1) is 5.41 Å². The van der Waals surface area contributed by atoms with Crippen molar-refractivity contribution in [1.29, 1.82) is 5.41 Å². The first kappa shape index (κ1) is 13.9. The van der Waals surface area contributed by atoms with Gasteiger partial charge in [0.15, 0.2) is 5.96 Å². The molecule has 112 valence electrons. The van der Waals surface area contributed by atoms with Crippen molar-refractivity contribution in [2.45, 2.75) is 6.54 Å². The molecule has 1 heterocycles. The van der Waals surface area contributed by atoms with Gasteiger partial charge in [0.25, 0.3) is 0 Å². The van der Waals surface area contributed by atoms with Gasteiger partial charge in [-0.05, 0) is 18.2 Å². The van der Waals surface area contributed by atoms with Crippen LogP contribution in [0.15, 0.2) is 48.5 Å². The Morgan fingerprint density at radius 3 is 2.77 bits per heavy atom. The molecule has 3 aromatic rings. The molecule has 0 aliphatic carbocycles. The monoisotopic (exact) mass is 295 g/mol. The molecule has 1 aromatic heterocycles. The lowest BCUT2D eigenvalue weighted by molar-refractivity contribution is 0.409. The molecule has 2 aromatic carbocycles. The number of benzene rings is 2. The van der Waals surface area contributed by atoms with Gasteiger partial charge in [0.1, 0.15) is 5.75 Å². The second-order valence-electron chi connectivity index (χ2n) is 4.77. The van der Waals surface area contributed by atoms with Crippen molar-refractivity contribution in [2.75, 3.05) is 12.4 Å². The Labute approximate surface area is 128 Å². The summed E-state index contributed by atoms with van der Waals surface area (Å²) in [6, 6.07) is 15.4. The van der Waals surface area contributed by atoms with Gasteiger partial charge in [-0.15, -0.1) is 0 Å². The van der Waals surface area contributed by atoms with E-state index in [4.69, 9.17) is 10.1 Å².